The number of para-hydroxylation sites is 2. The average Bonchev–Trinajstić information content (AvgIpc) is 3.08. The van der Waals surface area contributed by atoms with Gasteiger partial charge in [-0.15, -0.1) is 11.3 Å². The van der Waals surface area contributed by atoms with Crippen LogP contribution in [0.25, 0.3) is 0 Å². The highest BCUT2D eigenvalue weighted by molar-refractivity contribution is 7.10. The zero-order valence-electron chi connectivity index (χ0n) is 14.4. The molecule has 1 unspecified atom stereocenters. The van der Waals surface area contributed by atoms with Crippen LogP contribution in [0.1, 0.15) is 24.3 Å². The highest BCUT2D eigenvalue weighted by atomic mass is 32.1. The lowest BCUT2D eigenvalue weighted by molar-refractivity contribution is 0.243. The van der Waals surface area contributed by atoms with Gasteiger partial charge in [0.1, 0.15) is 5.75 Å². The number of nitrogens with one attached hydrogen (secondary N) is 2. The first kappa shape index (κ1) is 18.3. The predicted molar refractivity (Wildman–Crippen MR) is 100.0 cm³/mol. The molecular weight excluding hydrogens is 322 g/mol. The average molecular weight is 347 g/mol. The summed E-state index contributed by atoms with van der Waals surface area (Å²) < 4.78 is 5.66. The third kappa shape index (κ3) is 5.25. The third-order valence-corrected chi connectivity index (χ3v) is 4.52. The molecule has 0 radical (unpaired) electrons. The summed E-state index contributed by atoms with van der Waals surface area (Å²) in [5, 5.41) is 7.86. The van der Waals surface area contributed by atoms with E-state index >= 15 is 0 Å². The molecular formula is C18H25N3O2S. The first-order chi connectivity index (χ1) is 11.6. The van der Waals surface area contributed by atoms with Crippen molar-refractivity contribution in [3.63, 3.8) is 0 Å². The molecule has 130 valence electrons. The van der Waals surface area contributed by atoms with Gasteiger partial charge < -0.3 is 20.3 Å². The van der Waals surface area contributed by atoms with E-state index in [2.05, 4.69) is 28.5 Å². The predicted octanol–water partition coefficient (Wildman–Crippen LogP) is 3.96. The topological polar surface area (TPSA) is 53.6 Å². The van der Waals surface area contributed by atoms with Crippen LogP contribution < -0.4 is 15.4 Å². The van der Waals surface area contributed by atoms with E-state index in [1.165, 1.54) is 4.88 Å². The van der Waals surface area contributed by atoms with Gasteiger partial charge in [0, 0.05) is 11.4 Å². The van der Waals surface area contributed by atoms with Gasteiger partial charge in [-0.1, -0.05) is 25.1 Å². The van der Waals surface area contributed by atoms with Gasteiger partial charge in [-0.2, -0.15) is 0 Å². The maximum absolute atomic E-state index is 12.2. The largest absolute Gasteiger partial charge is 0.491 e. The molecule has 1 aromatic heterocycles. The molecule has 1 heterocycles. The van der Waals surface area contributed by atoms with Crippen molar-refractivity contribution in [3.8, 4) is 5.75 Å². The molecule has 2 rings (SSSR count). The highest BCUT2D eigenvalue weighted by Crippen LogP contribution is 2.24. The van der Waals surface area contributed by atoms with Crippen molar-refractivity contribution in [1.82, 2.24) is 10.2 Å². The monoisotopic (exact) mass is 347 g/mol. The van der Waals surface area contributed by atoms with Gasteiger partial charge in [0.25, 0.3) is 0 Å². The molecule has 0 bridgehead atoms. The SMILES string of the molecule is CCCOc1ccccc1NC(=O)NCC(c1cccs1)N(C)C. The molecule has 0 spiro atoms. The van der Waals surface area contributed by atoms with Gasteiger partial charge in [0.15, 0.2) is 0 Å². The van der Waals surface area contributed by atoms with Gasteiger partial charge in [-0.3, -0.25) is 0 Å². The summed E-state index contributed by atoms with van der Waals surface area (Å²) in [6.07, 6.45) is 0.922. The molecule has 0 aliphatic rings. The Bertz CT molecular complexity index is 629. The van der Waals surface area contributed by atoms with Crippen molar-refractivity contribution >= 4 is 23.1 Å². The Morgan fingerprint density at radius 1 is 1.25 bits per heavy atom. The Hall–Kier alpha value is -2.05. The quantitative estimate of drug-likeness (QED) is 0.760. The van der Waals surface area contributed by atoms with Crippen molar-refractivity contribution in [3.05, 3.63) is 46.7 Å². The minimum absolute atomic E-state index is 0.155. The Labute approximate surface area is 147 Å². The van der Waals surface area contributed by atoms with Crippen molar-refractivity contribution < 1.29 is 9.53 Å². The molecule has 2 aromatic rings. The van der Waals surface area contributed by atoms with E-state index in [4.69, 9.17) is 4.74 Å². The molecule has 0 saturated heterocycles. The number of carbonyl (C=O) groups excluding carboxylic acids is 1. The zero-order chi connectivity index (χ0) is 17.4. The van der Waals surface area contributed by atoms with E-state index < -0.39 is 0 Å². The first-order valence-corrected chi connectivity index (χ1v) is 8.96. The molecule has 2 N–H and O–H groups in total. The number of anilines is 1. The molecule has 0 saturated carbocycles. The summed E-state index contributed by atoms with van der Waals surface area (Å²) >= 11 is 1.69. The summed E-state index contributed by atoms with van der Waals surface area (Å²) in [6.45, 7) is 3.22. The van der Waals surface area contributed by atoms with Gasteiger partial charge in [0.05, 0.1) is 18.3 Å². The van der Waals surface area contributed by atoms with Crippen molar-refractivity contribution in [2.24, 2.45) is 0 Å². The van der Waals surface area contributed by atoms with Crippen LogP contribution in [-0.4, -0.2) is 38.2 Å². The molecule has 0 fully saturated rings. The van der Waals surface area contributed by atoms with Crippen molar-refractivity contribution in [2.75, 3.05) is 32.6 Å². The highest BCUT2D eigenvalue weighted by Gasteiger charge is 2.16. The third-order valence-electron chi connectivity index (χ3n) is 3.55. The van der Waals surface area contributed by atoms with Gasteiger partial charge in [0.2, 0.25) is 0 Å². The number of urea groups is 1. The number of carbonyl (C=O) groups is 1. The Morgan fingerprint density at radius 2 is 2.04 bits per heavy atom. The molecule has 6 heteroatoms. The van der Waals surface area contributed by atoms with Gasteiger partial charge in [-0.25, -0.2) is 4.79 Å². The second kappa shape index (κ2) is 9.30. The Kier molecular flexibility index (Phi) is 7.08. The summed E-state index contributed by atoms with van der Waals surface area (Å²) in [5.74, 6) is 0.692. The molecule has 0 aliphatic carbocycles. The molecule has 5 nitrogen and oxygen atoms in total. The van der Waals surface area contributed by atoms with Crippen molar-refractivity contribution in [2.45, 2.75) is 19.4 Å². The molecule has 24 heavy (non-hydrogen) atoms. The smallest absolute Gasteiger partial charge is 0.319 e. The zero-order valence-corrected chi connectivity index (χ0v) is 15.2. The van der Waals surface area contributed by atoms with Gasteiger partial charge >= 0.3 is 6.03 Å². The number of rotatable bonds is 8. The summed E-state index contributed by atoms with van der Waals surface area (Å²) in [4.78, 5) is 15.6. The fourth-order valence-corrected chi connectivity index (χ4v) is 3.20. The maximum Gasteiger partial charge on any atom is 0.319 e. The summed E-state index contributed by atoms with van der Waals surface area (Å²) in [7, 11) is 4.02. The van der Waals surface area contributed by atoms with E-state index in [9.17, 15) is 4.79 Å². The molecule has 2 amide bonds. The number of amides is 2. The van der Waals surface area contributed by atoms with Gasteiger partial charge in [-0.05, 0) is 44.1 Å². The van der Waals surface area contributed by atoms with E-state index in [0.717, 1.165) is 6.42 Å². The minimum Gasteiger partial charge on any atom is -0.491 e. The fourth-order valence-electron chi connectivity index (χ4n) is 2.28. The van der Waals surface area contributed by atoms with Crippen LogP contribution in [0.4, 0.5) is 10.5 Å². The molecule has 1 atom stereocenters. The van der Waals surface area contributed by atoms with Crippen LogP contribution in [0.5, 0.6) is 5.75 Å². The van der Waals surface area contributed by atoms with E-state index in [-0.39, 0.29) is 12.1 Å². The second-order valence-corrected chi connectivity index (χ2v) is 6.65. The van der Waals surface area contributed by atoms with Crippen LogP contribution in [-0.2, 0) is 0 Å². The Balaban J connectivity index is 1.93. The lowest BCUT2D eigenvalue weighted by atomic mass is 10.2. The van der Waals surface area contributed by atoms with Crippen LogP contribution in [0.2, 0.25) is 0 Å². The van der Waals surface area contributed by atoms with Crippen LogP contribution in [0, 0.1) is 0 Å². The number of ether oxygens (including phenoxy) is 1. The number of nitrogens with zero attached hydrogens (tertiary/aromatic N) is 1. The number of hydrogen-bond donors (Lipinski definition) is 2. The summed E-state index contributed by atoms with van der Waals surface area (Å²) in [5.41, 5.74) is 0.681. The van der Waals surface area contributed by atoms with Crippen LogP contribution >= 0.6 is 11.3 Å². The fraction of sp³-hybridized carbons (Fsp3) is 0.389. The second-order valence-electron chi connectivity index (χ2n) is 5.67. The van der Waals surface area contributed by atoms with Crippen LogP contribution in [0.3, 0.4) is 0 Å². The Morgan fingerprint density at radius 3 is 2.71 bits per heavy atom. The normalized spacial score (nSPS) is 12.0. The molecule has 1 aromatic carbocycles. The lowest BCUT2D eigenvalue weighted by Gasteiger charge is -2.23. The number of hydrogen-bond acceptors (Lipinski definition) is 4. The first-order valence-electron chi connectivity index (χ1n) is 8.08. The number of thiophene rings is 1. The standard InChI is InChI=1S/C18H25N3O2S/c1-4-11-23-16-9-6-5-8-14(16)20-18(22)19-13-15(21(2)3)17-10-7-12-24-17/h5-10,12,15H,4,11,13H2,1-3H3,(H2,19,20,22). The van der Waals surface area contributed by atoms with Crippen LogP contribution in [0.15, 0.2) is 41.8 Å². The summed E-state index contributed by atoms with van der Waals surface area (Å²) in [6, 6.07) is 11.5. The minimum atomic E-state index is -0.231. The lowest BCUT2D eigenvalue weighted by Crippen LogP contribution is -2.36. The maximum atomic E-state index is 12.2. The van der Waals surface area contributed by atoms with E-state index in [0.29, 0.717) is 24.6 Å². The van der Waals surface area contributed by atoms with Crippen molar-refractivity contribution in [1.29, 1.82) is 0 Å². The number of benzene rings is 1. The van der Waals surface area contributed by atoms with E-state index in [1.807, 2.05) is 49.8 Å². The molecule has 0 aliphatic heterocycles. The number of likely N-dealkylation sites (N-methyl/N-ethyl adjacent to an activating group) is 1. The van der Waals surface area contributed by atoms with E-state index in [1.54, 1.807) is 11.3 Å².